The van der Waals surface area contributed by atoms with Crippen LogP contribution in [0.1, 0.15) is 51.0 Å². The molecule has 0 bridgehead atoms. The van der Waals surface area contributed by atoms with Gasteiger partial charge in [-0.25, -0.2) is 0 Å². The molecule has 0 saturated carbocycles. The summed E-state index contributed by atoms with van der Waals surface area (Å²) in [4.78, 5) is 0. The molecule has 0 aliphatic carbocycles. The molecule has 1 aromatic rings. The monoisotopic (exact) mass is 217 g/mol. The highest BCUT2D eigenvalue weighted by Crippen LogP contribution is 2.10. The van der Waals surface area contributed by atoms with Gasteiger partial charge in [0, 0.05) is 5.70 Å². The van der Waals surface area contributed by atoms with E-state index in [0.717, 1.165) is 12.1 Å². The van der Waals surface area contributed by atoms with Gasteiger partial charge in [0.2, 0.25) is 0 Å². The van der Waals surface area contributed by atoms with Gasteiger partial charge < -0.3 is 5.73 Å². The molecular formula is C15H23N. The lowest BCUT2D eigenvalue weighted by Crippen LogP contribution is -1.96. The minimum atomic E-state index is 1.00. The Labute approximate surface area is 99.4 Å². The van der Waals surface area contributed by atoms with Crippen molar-refractivity contribution < 1.29 is 0 Å². The molecule has 0 heterocycles. The van der Waals surface area contributed by atoms with Gasteiger partial charge in [-0.2, -0.15) is 0 Å². The van der Waals surface area contributed by atoms with Crippen molar-refractivity contribution >= 4 is 6.08 Å². The van der Waals surface area contributed by atoms with Crippen molar-refractivity contribution in [1.29, 1.82) is 0 Å². The molecule has 1 rings (SSSR count). The summed E-state index contributed by atoms with van der Waals surface area (Å²) in [5.74, 6) is 0. The van der Waals surface area contributed by atoms with E-state index in [4.69, 9.17) is 5.73 Å². The Balaban J connectivity index is 2.24. The molecule has 16 heavy (non-hydrogen) atoms. The SMILES string of the molecule is CCCCCCCC(N)=Cc1ccccc1. The highest BCUT2D eigenvalue weighted by molar-refractivity contribution is 5.51. The number of unbranched alkanes of at least 4 members (excludes halogenated alkanes) is 4. The second kappa shape index (κ2) is 7.98. The van der Waals surface area contributed by atoms with E-state index >= 15 is 0 Å². The van der Waals surface area contributed by atoms with Crippen LogP contribution in [0.3, 0.4) is 0 Å². The Morgan fingerprint density at radius 1 is 1.06 bits per heavy atom. The predicted octanol–water partition coefficient (Wildman–Crippen LogP) is 4.35. The van der Waals surface area contributed by atoms with Gasteiger partial charge in [-0.05, 0) is 24.5 Å². The van der Waals surface area contributed by atoms with Gasteiger partial charge in [0.15, 0.2) is 0 Å². The van der Waals surface area contributed by atoms with Crippen molar-refractivity contribution in [1.82, 2.24) is 0 Å². The topological polar surface area (TPSA) is 26.0 Å². The average Bonchev–Trinajstić information content (AvgIpc) is 2.30. The van der Waals surface area contributed by atoms with Gasteiger partial charge in [0.25, 0.3) is 0 Å². The second-order valence-electron chi connectivity index (χ2n) is 4.29. The fraction of sp³-hybridized carbons (Fsp3) is 0.467. The standard InChI is InChI=1S/C15H23N/c1-2-3-4-5-9-12-15(16)13-14-10-7-6-8-11-14/h6-8,10-11,13H,2-5,9,12,16H2,1H3. The van der Waals surface area contributed by atoms with Gasteiger partial charge in [0.05, 0.1) is 0 Å². The maximum atomic E-state index is 5.98. The first-order chi connectivity index (χ1) is 7.83. The van der Waals surface area contributed by atoms with Gasteiger partial charge in [-0.15, -0.1) is 0 Å². The molecule has 0 saturated heterocycles. The minimum Gasteiger partial charge on any atom is -0.402 e. The Hall–Kier alpha value is -1.24. The fourth-order valence-electron chi connectivity index (χ4n) is 1.77. The first-order valence-corrected chi connectivity index (χ1v) is 6.34. The van der Waals surface area contributed by atoms with Crippen molar-refractivity contribution in [2.45, 2.75) is 45.4 Å². The van der Waals surface area contributed by atoms with E-state index in [1.165, 1.54) is 37.7 Å². The fourth-order valence-corrected chi connectivity index (χ4v) is 1.77. The van der Waals surface area contributed by atoms with Crippen LogP contribution < -0.4 is 5.73 Å². The van der Waals surface area contributed by atoms with Crippen LogP contribution in [0.15, 0.2) is 36.0 Å². The molecule has 0 aliphatic rings. The maximum absolute atomic E-state index is 5.98. The smallest absolute Gasteiger partial charge is 0.00864 e. The normalized spacial score (nSPS) is 11.7. The van der Waals surface area contributed by atoms with Crippen LogP contribution >= 0.6 is 0 Å². The third kappa shape index (κ3) is 5.59. The van der Waals surface area contributed by atoms with Gasteiger partial charge in [-0.1, -0.05) is 62.9 Å². The Kier molecular flexibility index (Phi) is 6.39. The molecule has 1 heteroatoms. The molecule has 0 aromatic heterocycles. The molecule has 2 N–H and O–H groups in total. The van der Waals surface area contributed by atoms with E-state index in [2.05, 4.69) is 25.1 Å². The summed E-state index contributed by atoms with van der Waals surface area (Å²) >= 11 is 0. The lowest BCUT2D eigenvalue weighted by atomic mass is 10.1. The highest BCUT2D eigenvalue weighted by Gasteiger charge is 1.93. The number of benzene rings is 1. The third-order valence-electron chi connectivity index (χ3n) is 2.72. The van der Waals surface area contributed by atoms with Crippen LogP contribution in [0.4, 0.5) is 0 Å². The summed E-state index contributed by atoms with van der Waals surface area (Å²) in [6, 6.07) is 10.3. The van der Waals surface area contributed by atoms with E-state index in [9.17, 15) is 0 Å². The first kappa shape index (κ1) is 12.8. The van der Waals surface area contributed by atoms with Crippen LogP contribution in [-0.2, 0) is 0 Å². The molecule has 0 radical (unpaired) electrons. The van der Waals surface area contributed by atoms with E-state index in [0.29, 0.717) is 0 Å². The number of rotatable bonds is 7. The van der Waals surface area contributed by atoms with E-state index in [1.807, 2.05) is 18.2 Å². The molecule has 1 aromatic carbocycles. The zero-order valence-electron chi connectivity index (χ0n) is 10.3. The Morgan fingerprint density at radius 3 is 2.44 bits per heavy atom. The lowest BCUT2D eigenvalue weighted by molar-refractivity contribution is 0.630. The molecule has 0 spiro atoms. The van der Waals surface area contributed by atoms with E-state index in [-0.39, 0.29) is 0 Å². The van der Waals surface area contributed by atoms with Gasteiger partial charge >= 0.3 is 0 Å². The maximum Gasteiger partial charge on any atom is 0.00864 e. The Bertz CT molecular complexity index is 300. The average molecular weight is 217 g/mol. The van der Waals surface area contributed by atoms with E-state index < -0.39 is 0 Å². The first-order valence-electron chi connectivity index (χ1n) is 6.34. The van der Waals surface area contributed by atoms with Crippen molar-refractivity contribution in [2.75, 3.05) is 0 Å². The summed E-state index contributed by atoms with van der Waals surface area (Å²) in [6.45, 7) is 2.24. The van der Waals surface area contributed by atoms with Gasteiger partial charge in [0.1, 0.15) is 0 Å². The third-order valence-corrected chi connectivity index (χ3v) is 2.72. The van der Waals surface area contributed by atoms with Crippen molar-refractivity contribution in [3.8, 4) is 0 Å². The number of hydrogen-bond donors (Lipinski definition) is 1. The van der Waals surface area contributed by atoms with Crippen LogP contribution in [0.5, 0.6) is 0 Å². The van der Waals surface area contributed by atoms with Gasteiger partial charge in [-0.3, -0.25) is 0 Å². The van der Waals surface area contributed by atoms with Crippen LogP contribution in [-0.4, -0.2) is 0 Å². The molecule has 0 aliphatic heterocycles. The van der Waals surface area contributed by atoms with Crippen LogP contribution in [0.2, 0.25) is 0 Å². The number of allylic oxidation sites excluding steroid dienone is 1. The second-order valence-corrected chi connectivity index (χ2v) is 4.29. The van der Waals surface area contributed by atoms with Crippen molar-refractivity contribution in [2.24, 2.45) is 5.73 Å². The molecule has 88 valence electrons. The lowest BCUT2D eigenvalue weighted by Gasteiger charge is -2.02. The minimum absolute atomic E-state index is 1.00. The van der Waals surface area contributed by atoms with Crippen molar-refractivity contribution in [3.05, 3.63) is 41.6 Å². The number of hydrogen-bond acceptors (Lipinski definition) is 1. The molecule has 0 atom stereocenters. The number of nitrogens with two attached hydrogens (primary N) is 1. The van der Waals surface area contributed by atoms with Crippen molar-refractivity contribution in [3.63, 3.8) is 0 Å². The zero-order chi connectivity index (χ0) is 11.6. The molecule has 0 fully saturated rings. The largest absolute Gasteiger partial charge is 0.402 e. The summed E-state index contributed by atoms with van der Waals surface area (Å²) in [7, 11) is 0. The summed E-state index contributed by atoms with van der Waals surface area (Å²) < 4.78 is 0. The van der Waals surface area contributed by atoms with E-state index in [1.54, 1.807) is 0 Å². The predicted molar refractivity (Wildman–Crippen MR) is 72.0 cm³/mol. The molecule has 0 unspecified atom stereocenters. The molecular weight excluding hydrogens is 194 g/mol. The highest BCUT2D eigenvalue weighted by atomic mass is 14.6. The molecule has 1 nitrogen and oxygen atoms in total. The molecule has 0 amide bonds. The summed E-state index contributed by atoms with van der Waals surface area (Å²) in [5.41, 5.74) is 8.19. The van der Waals surface area contributed by atoms with Crippen LogP contribution in [0.25, 0.3) is 6.08 Å². The van der Waals surface area contributed by atoms with Crippen LogP contribution in [0, 0.1) is 0 Å². The summed E-state index contributed by atoms with van der Waals surface area (Å²) in [6.07, 6.45) is 9.62. The Morgan fingerprint density at radius 2 is 1.75 bits per heavy atom. The quantitative estimate of drug-likeness (QED) is 0.675. The summed E-state index contributed by atoms with van der Waals surface area (Å²) in [5, 5.41) is 0. The zero-order valence-corrected chi connectivity index (χ0v) is 10.3.